The van der Waals surface area contributed by atoms with Crippen molar-refractivity contribution in [1.82, 2.24) is 4.90 Å². The summed E-state index contributed by atoms with van der Waals surface area (Å²) in [7, 11) is 0. The van der Waals surface area contributed by atoms with Crippen molar-refractivity contribution in [2.24, 2.45) is 0 Å². The summed E-state index contributed by atoms with van der Waals surface area (Å²) in [6, 6.07) is 6.62. The zero-order chi connectivity index (χ0) is 22.5. The lowest BCUT2D eigenvalue weighted by atomic mass is 10.1. The molecule has 0 radical (unpaired) electrons. The molecular formula is C20H20F5N3O2. The summed E-state index contributed by atoms with van der Waals surface area (Å²) in [6.45, 7) is 2.82. The Balaban J connectivity index is 2.08. The monoisotopic (exact) mass is 429 g/mol. The lowest BCUT2D eigenvalue weighted by molar-refractivity contribution is -0.137. The van der Waals surface area contributed by atoms with Gasteiger partial charge in [0.25, 0.3) is 0 Å². The number of amides is 2. The number of carbonyl (C=O) groups excluding carboxylic acids is 2. The fraction of sp³-hybridized carbons (Fsp3) is 0.300. The van der Waals surface area contributed by atoms with E-state index < -0.39 is 59.1 Å². The number of likely N-dealkylation sites (N-methyl/N-ethyl adjacent to an activating group) is 1. The maximum atomic E-state index is 13.7. The van der Waals surface area contributed by atoms with Crippen molar-refractivity contribution in [3.05, 3.63) is 59.7 Å². The average molecular weight is 429 g/mol. The minimum Gasteiger partial charge on any atom is -0.324 e. The molecule has 0 bridgehead atoms. The molecule has 0 spiro atoms. The quantitative estimate of drug-likeness (QED) is 0.647. The third-order valence-electron chi connectivity index (χ3n) is 4.40. The second kappa shape index (κ2) is 9.66. The zero-order valence-corrected chi connectivity index (χ0v) is 16.2. The summed E-state index contributed by atoms with van der Waals surface area (Å²) < 4.78 is 66.6. The van der Waals surface area contributed by atoms with Gasteiger partial charge in [0.15, 0.2) is 0 Å². The summed E-state index contributed by atoms with van der Waals surface area (Å²) >= 11 is 0. The van der Waals surface area contributed by atoms with E-state index >= 15 is 0 Å². The van der Waals surface area contributed by atoms with E-state index in [2.05, 4.69) is 10.6 Å². The van der Waals surface area contributed by atoms with Crippen LogP contribution in [0.25, 0.3) is 0 Å². The van der Waals surface area contributed by atoms with Crippen molar-refractivity contribution in [2.75, 3.05) is 23.7 Å². The van der Waals surface area contributed by atoms with Crippen LogP contribution in [-0.2, 0) is 15.8 Å². The third kappa shape index (κ3) is 5.76. The summed E-state index contributed by atoms with van der Waals surface area (Å²) in [5, 5.41) is 4.33. The maximum Gasteiger partial charge on any atom is 0.418 e. The smallest absolute Gasteiger partial charge is 0.324 e. The van der Waals surface area contributed by atoms with Gasteiger partial charge in [0.05, 0.1) is 23.8 Å². The van der Waals surface area contributed by atoms with Crippen LogP contribution in [0.1, 0.15) is 19.4 Å². The first-order valence-electron chi connectivity index (χ1n) is 8.99. The number of para-hydroxylation sites is 2. The van der Waals surface area contributed by atoms with E-state index in [-0.39, 0.29) is 6.54 Å². The average Bonchev–Trinajstić information content (AvgIpc) is 2.68. The van der Waals surface area contributed by atoms with Crippen LogP contribution in [0.2, 0.25) is 0 Å². The number of nitrogens with zero attached hydrogens (tertiary/aromatic N) is 1. The Hall–Kier alpha value is -3.01. The molecule has 0 fully saturated rings. The Kier molecular flexibility index (Phi) is 7.49. The highest BCUT2D eigenvalue weighted by Crippen LogP contribution is 2.34. The lowest BCUT2D eigenvalue weighted by Gasteiger charge is -2.26. The van der Waals surface area contributed by atoms with Gasteiger partial charge in [-0.1, -0.05) is 25.1 Å². The number of halogens is 5. The van der Waals surface area contributed by atoms with Gasteiger partial charge in [0.1, 0.15) is 17.3 Å². The SMILES string of the molecule is CCN(CC(=O)Nc1c(F)cccc1F)C(C)C(=O)Nc1ccccc1C(F)(F)F. The van der Waals surface area contributed by atoms with Crippen molar-refractivity contribution in [1.29, 1.82) is 0 Å². The van der Waals surface area contributed by atoms with Gasteiger partial charge in [0.2, 0.25) is 11.8 Å². The fourth-order valence-corrected chi connectivity index (χ4v) is 2.75. The topological polar surface area (TPSA) is 61.4 Å². The molecule has 2 aromatic carbocycles. The number of hydrogen-bond donors (Lipinski definition) is 2. The number of rotatable bonds is 7. The molecule has 0 heterocycles. The van der Waals surface area contributed by atoms with Crippen LogP contribution >= 0.6 is 0 Å². The Bertz CT molecular complexity index is 897. The van der Waals surface area contributed by atoms with Crippen LogP contribution in [0.3, 0.4) is 0 Å². The first-order chi connectivity index (χ1) is 14.0. The van der Waals surface area contributed by atoms with E-state index in [1.54, 1.807) is 6.92 Å². The molecule has 30 heavy (non-hydrogen) atoms. The second-order valence-electron chi connectivity index (χ2n) is 6.42. The molecule has 0 aromatic heterocycles. The van der Waals surface area contributed by atoms with Gasteiger partial charge in [-0.2, -0.15) is 13.2 Å². The van der Waals surface area contributed by atoms with E-state index in [1.807, 2.05) is 0 Å². The molecule has 1 unspecified atom stereocenters. The van der Waals surface area contributed by atoms with Crippen molar-refractivity contribution < 1.29 is 31.5 Å². The van der Waals surface area contributed by atoms with Gasteiger partial charge >= 0.3 is 6.18 Å². The number of carbonyl (C=O) groups is 2. The Morgan fingerprint density at radius 3 is 2.17 bits per heavy atom. The highest BCUT2D eigenvalue weighted by Gasteiger charge is 2.34. The Morgan fingerprint density at radius 2 is 1.60 bits per heavy atom. The molecule has 0 aliphatic rings. The van der Waals surface area contributed by atoms with E-state index in [9.17, 15) is 31.5 Å². The molecule has 0 saturated heterocycles. The van der Waals surface area contributed by atoms with Crippen LogP contribution in [0.4, 0.5) is 33.3 Å². The number of anilines is 2. The van der Waals surface area contributed by atoms with Crippen LogP contribution in [0.15, 0.2) is 42.5 Å². The van der Waals surface area contributed by atoms with Gasteiger partial charge < -0.3 is 10.6 Å². The van der Waals surface area contributed by atoms with Gasteiger partial charge in [-0.25, -0.2) is 8.78 Å². The van der Waals surface area contributed by atoms with Crippen molar-refractivity contribution in [2.45, 2.75) is 26.1 Å². The van der Waals surface area contributed by atoms with E-state index in [0.717, 1.165) is 30.3 Å². The van der Waals surface area contributed by atoms with Gasteiger partial charge in [-0.3, -0.25) is 14.5 Å². The van der Waals surface area contributed by atoms with Crippen molar-refractivity contribution >= 4 is 23.2 Å². The molecule has 2 aromatic rings. The normalized spacial score (nSPS) is 12.5. The van der Waals surface area contributed by atoms with Crippen molar-refractivity contribution in [3.63, 3.8) is 0 Å². The van der Waals surface area contributed by atoms with Crippen LogP contribution in [0.5, 0.6) is 0 Å². The van der Waals surface area contributed by atoms with E-state index in [4.69, 9.17) is 0 Å². The number of nitrogens with one attached hydrogen (secondary N) is 2. The fourth-order valence-electron chi connectivity index (χ4n) is 2.75. The standard InChI is InChI=1S/C20H20F5N3O2/c1-3-28(11-17(29)27-18-14(21)8-6-9-15(18)22)12(2)19(30)26-16-10-5-4-7-13(16)20(23,24)25/h4-10,12H,3,11H2,1-2H3,(H,26,30)(H,27,29). The minimum atomic E-state index is -4.65. The van der Waals surface area contributed by atoms with Crippen LogP contribution < -0.4 is 10.6 Å². The molecule has 2 rings (SSSR count). The predicted molar refractivity (Wildman–Crippen MR) is 102 cm³/mol. The van der Waals surface area contributed by atoms with Gasteiger partial charge in [-0.05, 0) is 37.7 Å². The first kappa shape index (κ1) is 23.3. The summed E-state index contributed by atoms with van der Waals surface area (Å²) in [4.78, 5) is 26.0. The Labute approximate surface area is 169 Å². The Morgan fingerprint density at radius 1 is 1.00 bits per heavy atom. The molecule has 2 amide bonds. The lowest BCUT2D eigenvalue weighted by Crippen LogP contribution is -2.45. The molecule has 0 saturated carbocycles. The number of alkyl halides is 3. The van der Waals surface area contributed by atoms with Gasteiger partial charge in [0, 0.05) is 0 Å². The third-order valence-corrected chi connectivity index (χ3v) is 4.40. The van der Waals surface area contributed by atoms with Crippen LogP contribution in [0, 0.1) is 11.6 Å². The highest BCUT2D eigenvalue weighted by molar-refractivity contribution is 5.96. The molecule has 10 heteroatoms. The highest BCUT2D eigenvalue weighted by atomic mass is 19.4. The predicted octanol–water partition coefficient (Wildman–Crippen LogP) is 4.27. The first-order valence-corrected chi connectivity index (χ1v) is 8.99. The maximum absolute atomic E-state index is 13.7. The largest absolute Gasteiger partial charge is 0.418 e. The zero-order valence-electron chi connectivity index (χ0n) is 16.2. The number of benzene rings is 2. The van der Waals surface area contributed by atoms with E-state index in [1.165, 1.54) is 24.0 Å². The molecule has 0 aliphatic carbocycles. The minimum absolute atomic E-state index is 0.183. The number of hydrogen-bond acceptors (Lipinski definition) is 3. The van der Waals surface area contributed by atoms with Crippen LogP contribution in [-0.4, -0.2) is 35.8 Å². The van der Waals surface area contributed by atoms with Crippen molar-refractivity contribution in [3.8, 4) is 0 Å². The molecule has 0 aliphatic heterocycles. The molecular weight excluding hydrogens is 409 g/mol. The van der Waals surface area contributed by atoms with E-state index in [0.29, 0.717) is 0 Å². The molecule has 5 nitrogen and oxygen atoms in total. The summed E-state index contributed by atoms with van der Waals surface area (Å²) in [5.41, 5.74) is -2.02. The summed E-state index contributed by atoms with van der Waals surface area (Å²) in [6.07, 6.45) is -4.65. The molecule has 1 atom stereocenters. The van der Waals surface area contributed by atoms with Gasteiger partial charge in [-0.15, -0.1) is 0 Å². The molecule has 162 valence electrons. The summed E-state index contributed by atoms with van der Waals surface area (Å²) in [5.74, 6) is -3.46. The molecule has 2 N–H and O–H groups in total. The second-order valence-corrected chi connectivity index (χ2v) is 6.42.